The van der Waals surface area contributed by atoms with Crippen LogP contribution in [0, 0.1) is 0 Å². The highest BCUT2D eigenvalue weighted by molar-refractivity contribution is 7.99. The van der Waals surface area contributed by atoms with E-state index in [1.807, 2.05) is 53.1 Å². The lowest BCUT2D eigenvalue weighted by Gasteiger charge is -2.23. The van der Waals surface area contributed by atoms with Crippen LogP contribution in [0.25, 0.3) is 17.1 Å². The van der Waals surface area contributed by atoms with Crippen LogP contribution >= 0.6 is 11.8 Å². The predicted octanol–water partition coefficient (Wildman–Crippen LogP) is 2.45. The summed E-state index contributed by atoms with van der Waals surface area (Å²) in [6.07, 6.45) is 0.417. The van der Waals surface area contributed by atoms with Gasteiger partial charge in [0, 0.05) is 11.3 Å². The number of hydrogen-bond donors (Lipinski definition) is 1. The molecule has 0 aliphatic carbocycles. The maximum atomic E-state index is 12.6. The second-order valence-corrected chi connectivity index (χ2v) is 11.4. The summed E-state index contributed by atoms with van der Waals surface area (Å²) in [7, 11) is -3.11. The number of fused-ring (bicyclic) bond motifs is 1. The van der Waals surface area contributed by atoms with E-state index in [4.69, 9.17) is 9.47 Å². The normalized spacial score (nSPS) is 20.6. The lowest BCUT2D eigenvalue weighted by Crippen LogP contribution is -2.47. The molecule has 1 aromatic heterocycles. The maximum absolute atomic E-state index is 12.6. The number of benzene rings is 2. The number of amides is 1. The molecule has 2 aliphatic heterocycles. The summed E-state index contributed by atoms with van der Waals surface area (Å²) in [5, 5.41) is 12.2. The van der Waals surface area contributed by atoms with E-state index in [9.17, 15) is 13.2 Å². The number of carbonyl (C=O) groups is 1. The Balaban J connectivity index is 1.39. The zero-order valence-corrected chi connectivity index (χ0v) is 19.5. The highest BCUT2D eigenvalue weighted by atomic mass is 32.2. The second kappa shape index (κ2) is 8.38. The van der Waals surface area contributed by atoms with E-state index in [1.165, 1.54) is 11.8 Å². The van der Waals surface area contributed by atoms with Crippen LogP contribution in [-0.4, -0.2) is 58.7 Å². The van der Waals surface area contributed by atoms with Crippen LogP contribution in [-0.2, 0) is 14.6 Å². The first-order chi connectivity index (χ1) is 15.8. The van der Waals surface area contributed by atoms with Gasteiger partial charge in [0.15, 0.2) is 32.3 Å². The van der Waals surface area contributed by atoms with Crippen molar-refractivity contribution in [3.05, 3.63) is 48.5 Å². The van der Waals surface area contributed by atoms with Gasteiger partial charge < -0.3 is 14.8 Å². The van der Waals surface area contributed by atoms with Gasteiger partial charge in [-0.25, -0.2) is 8.42 Å². The Hall–Kier alpha value is -3.05. The third-order valence-electron chi connectivity index (χ3n) is 5.56. The van der Waals surface area contributed by atoms with E-state index in [0.29, 0.717) is 28.9 Å². The highest BCUT2D eigenvalue weighted by Gasteiger charge is 2.39. The quantitative estimate of drug-likeness (QED) is 0.529. The molecule has 2 aromatic carbocycles. The minimum absolute atomic E-state index is 0.0368. The molecule has 1 N–H and O–H groups in total. The molecule has 1 saturated heterocycles. The molecule has 0 spiro atoms. The number of hydrogen-bond acceptors (Lipinski definition) is 8. The Labute approximate surface area is 195 Å². The van der Waals surface area contributed by atoms with E-state index in [-0.39, 0.29) is 30.0 Å². The van der Waals surface area contributed by atoms with E-state index >= 15 is 0 Å². The number of aromatic nitrogens is 3. The summed E-state index contributed by atoms with van der Waals surface area (Å²) >= 11 is 1.24. The molecule has 172 valence electrons. The van der Waals surface area contributed by atoms with Gasteiger partial charge >= 0.3 is 0 Å². The van der Waals surface area contributed by atoms with E-state index in [1.54, 1.807) is 6.92 Å². The highest BCUT2D eigenvalue weighted by Crippen LogP contribution is 2.37. The van der Waals surface area contributed by atoms with Crippen molar-refractivity contribution in [2.45, 2.75) is 24.0 Å². The van der Waals surface area contributed by atoms with Crippen LogP contribution in [0.5, 0.6) is 11.5 Å². The van der Waals surface area contributed by atoms with Crippen molar-refractivity contribution in [1.29, 1.82) is 0 Å². The van der Waals surface area contributed by atoms with E-state index < -0.39 is 15.4 Å². The summed E-state index contributed by atoms with van der Waals surface area (Å²) in [6.45, 7) is 1.95. The summed E-state index contributed by atoms with van der Waals surface area (Å²) in [4.78, 5) is 12.6. The van der Waals surface area contributed by atoms with Gasteiger partial charge in [-0.2, -0.15) is 0 Å². The maximum Gasteiger partial charge on any atom is 0.231 e. The van der Waals surface area contributed by atoms with Crippen molar-refractivity contribution in [1.82, 2.24) is 20.1 Å². The summed E-state index contributed by atoms with van der Waals surface area (Å²) < 4.78 is 36.4. The van der Waals surface area contributed by atoms with Gasteiger partial charge in [0.05, 0.1) is 22.8 Å². The minimum atomic E-state index is -3.11. The Morgan fingerprint density at radius 2 is 1.94 bits per heavy atom. The lowest BCUT2D eigenvalue weighted by molar-refractivity contribution is -0.120. The summed E-state index contributed by atoms with van der Waals surface area (Å²) in [5.74, 6) is 1.83. The SMILES string of the molecule is CC1(NC(=O)CSc2nnc(-c3ccc4c(c3)OCO4)n2-c2ccccc2)CCS(=O)(=O)C1. The number of rotatable bonds is 6. The molecule has 1 fully saturated rings. The molecule has 0 bridgehead atoms. The minimum Gasteiger partial charge on any atom is -0.454 e. The molecule has 11 heteroatoms. The van der Waals surface area contributed by atoms with Crippen molar-refractivity contribution in [3.8, 4) is 28.6 Å². The number of nitrogens with one attached hydrogen (secondary N) is 1. The molecule has 0 saturated carbocycles. The van der Waals surface area contributed by atoms with Gasteiger partial charge in [0.1, 0.15) is 0 Å². The molecule has 1 amide bonds. The number of thioether (sulfide) groups is 1. The van der Waals surface area contributed by atoms with Crippen molar-refractivity contribution in [2.24, 2.45) is 0 Å². The summed E-state index contributed by atoms with van der Waals surface area (Å²) in [6, 6.07) is 15.2. The first kappa shape index (κ1) is 21.8. The number of ether oxygens (including phenoxy) is 2. The molecular formula is C22H22N4O5S2. The van der Waals surface area contributed by atoms with Crippen molar-refractivity contribution in [3.63, 3.8) is 0 Å². The van der Waals surface area contributed by atoms with Crippen molar-refractivity contribution >= 4 is 27.5 Å². The molecule has 2 aliphatic rings. The standard InChI is InChI=1S/C22H22N4O5S2/c1-22(9-10-33(28,29)13-22)23-19(27)12-32-21-25-24-20(26(21)16-5-3-2-4-6-16)15-7-8-17-18(11-15)31-14-30-17/h2-8,11H,9-10,12-14H2,1H3,(H,23,27). The number of carbonyl (C=O) groups excluding carboxylic acids is 1. The van der Waals surface area contributed by atoms with E-state index in [0.717, 1.165) is 11.3 Å². The average molecular weight is 487 g/mol. The fourth-order valence-electron chi connectivity index (χ4n) is 4.01. The zero-order valence-electron chi connectivity index (χ0n) is 17.9. The van der Waals surface area contributed by atoms with Crippen LogP contribution in [0.2, 0.25) is 0 Å². The Morgan fingerprint density at radius 3 is 2.70 bits per heavy atom. The number of nitrogens with zero attached hydrogens (tertiary/aromatic N) is 3. The third-order valence-corrected chi connectivity index (χ3v) is 8.39. The zero-order chi connectivity index (χ0) is 23.1. The van der Waals surface area contributed by atoms with Crippen LogP contribution in [0.1, 0.15) is 13.3 Å². The molecule has 5 rings (SSSR count). The molecule has 0 radical (unpaired) electrons. The van der Waals surface area contributed by atoms with Crippen LogP contribution < -0.4 is 14.8 Å². The van der Waals surface area contributed by atoms with E-state index in [2.05, 4.69) is 15.5 Å². The third kappa shape index (κ3) is 4.55. The smallest absolute Gasteiger partial charge is 0.231 e. The van der Waals surface area contributed by atoms with Gasteiger partial charge in [-0.05, 0) is 43.7 Å². The Bertz CT molecular complexity index is 1310. The van der Waals surface area contributed by atoms with Crippen LogP contribution in [0.3, 0.4) is 0 Å². The van der Waals surface area contributed by atoms with Gasteiger partial charge in [-0.1, -0.05) is 30.0 Å². The predicted molar refractivity (Wildman–Crippen MR) is 123 cm³/mol. The first-order valence-electron chi connectivity index (χ1n) is 10.4. The second-order valence-electron chi connectivity index (χ2n) is 8.28. The van der Waals surface area contributed by atoms with Crippen LogP contribution in [0.4, 0.5) is 0 Å². The van der Waals surface area contributed by atoms with Gasteiger partial charge in [0.2, 0.25) is 12.7 Å². The Morgan fingerprint density at radius 1 is 1.15 bits per heavy atom. The molecule has 1 atom stereocenters. The van der Waals surface area contributed by atoms with Gasteiger partial charge in [-0.15, -0.1) is 10.2 Å². The summed E-state index contributed by atoms with van der Waals surface area (Å²) in [5.41, 5.74) is 0.920. The first-order valence-corrected chi connectivity index (χ1v) is 13.2. The molecule has 33 heavy (non-hydrogen) atoms. The molecule has 9 nitrogen and oxygen atoms in total. The molecule has 3 heterocycles. The lowest BCUT2D eigenvalue weighted by atomic mass is 10.0. The molecular weight excluding hydrogens is 464 g/mol. The molecule has 3 aromatic rings. The van der Waals surface area contributed by atoms with Crippen molar-refractivity contribution in [2.75, 3.05) is 24.1 Å². The van der Waals surface area contributed by atoms with Gasteiger partial charge in [-0.3, -0.25) is 9.36 Å². The fourth-order valence-corrected chi connectivity index (χ4v) is 6.85. The average Bonchev–Trinajstić information content (AvgIpc) is 3.49. The van der Waals surface area contributed by atoms with Crippen molar-refractivity contribution < 1.29 is 22.7 Å². The monoisotopic (exact) mass is 486 g/mol. The topological polar surface area (TPSA) is 112 Å². The number of sulfone groups is 1. The van der Waals surface area contributed by atoms with Gasteiger partial charge in [0.25, 0.3) is 0 Å². The molecule has 1 unspecified atom stereocenters. The Kier molecular flexibility index (Phi) is 5.53. The number of para-hydroxylation sites is 1. The largest absolute Gasteiger partial charge is 0.454 e. The van der Waals surface area contributed by atoms with Crippen LogP contribution in [0.15, 0.2) is 53.7 Å². The fraction of sp³-hybridized carbons (Fsp3) is 0.318.